The molecule has 0 spiro atoms. The van der Waals surface area contributed by atoms with Gasteiger partial charge in [-0.2, -0.15) is 0 Å². The lowest BCUT2D eigenvalue weighted by Gasteiger charge is -2.38. The van der Waals surface area contributed by atoms with E-state index in [9.17, 15) is 39.9 Å². The smallest absolute Gasteiger partial charge is 0.416 e. The highest BCUT2D eigenvalue weighted by Crippen LogP contribution is 2.28. The predicted molar refractivity (Wildman–Crippen MR) is 174 cm³/mol. The molecule has 5 atom stereocenters. The van der Waals surface area contributed by atoms with Crippen molar-refractivity contribution in [2.24, 2.45) is 0 Å². The van der Waals surface area contributed by atoms with Crippen LogP contribution in [0.4, 0.5) is 4.79 Å². The molecule has 0 radical (unpaired) electrons. The van der Waals surface area contributed by atoms with E-state index in [1.807, 2.05) is 0 Å². The van der Waals surface area contributed by atoms with Gasteiger partial charge in [-0.15, -0.1) is 0 Å². The van der Waals surface area contributed by atoms with Crippen molar-refractivity contribution < 1.29 is 68.0 Å². The minimum atomic E-state index is -1.83. The van der Waals surface area contributed by atoms with Crippen molar-refractivity contribution in [3.05, 3.63) is 89.8 Å². The van der Waals surface area contributed by atoms with Crippen LogP contribution in [0.3, 0.4) is 0 Å². The van der Waals surface area contributed by atoms with Crippen molar-refractivity contribution >= 4 is 18.0 Å². The second kappa shape index (κ2) is 16.4. The van der Waals surface area contributed by atoms with Gasteiger partial charge in [0.2, 0.25) is 12.2 Å². The molecule has 4 aromatic rings. The highest BCUT2D eigenvalue weighted by Gasteiger charge is 2.48. The van der Waals surface area contributed by atoms with Crippen LogP contribution in [0.25, 0.3) is 11.5 Å². The number of aliphatic carboxylic acids is 2. The average molecular weight is 709 g/mol. The zero-order valence-electron chi connectivity index (χ0n) is 27.4. The van der Waals surface area contributed by atoms with Gasteiger partial charge in [0.1, 0.15) is 53.6 Å². The fraction of sp³-hybridized carbons (Fsp3) is 0.314. The molecule has 51 heavy (non-hydrogen) atoms. The first-order chi connectivity index (χ1) is 24.4. The lowest BCUT2D eigenvalue weighted by Crippen LogP contribution is -2.61. The van der Waals surface area contributed by atoms with Crippen molar-refractivity contribution in [3.8, 4) is 34.5 Å². The van der Waals surface area contributed by atoms with E-state index in [0.29, 0.717) is 46.4 Å². The summed E-state index contributed by atoms with van der Waals surface area (Å²) in [5.41, 5.74) is 1.92. The largest absolute Gasteiger partial charge is 0.497 e. The van der Waals surface area contributed by atoms with E-state index in [1.54, 1.807) is 67.6 Å². The van der Waals surface area contributed by atoms with Crippen molar-refractivity contribution in [2.75, 3.05) is 20.3 Å². The molecule has 1 aliphatic heterocycles. The van der Waals surface area contributed by atoms with Gasteiger partial charge in [0.15, 0.2) is 6.10 Å². The molecule has 1 amide bonds. The number of carboxylic acids is 2. The molecule has 0 bridgehead atoms. The van der Waals surface area contributed by atoms with Gasteiger partial charge in [0, 0.05) is 18.5 Å². The summed E-state index contributed by atoms with van der Waals surface area (Å²) >= 11 is 0. The number of rotatable bonds is 14. The lowest BCUT2D eigenvalue weighted by atomic mass is 9.99. The molecule has 2 heterocycles. The maximum absolute atomic E-state index is 12.7. The van der Waals surface area contributed by atoms with E-state index in [1.165, 1.54) is 19.2 Å². The van der Waals surface area contributed by atoms with E-state index in [0.717, 1.165) is 4.90 Å². The number of methoxy groups -OCH3 is 1. The van der Waals surface area contributed by atoms with E-state index < -0.39 is 55.3 Å². The number of hydrogen-bond donors (Lipinski definition) is 5. The zero-order valence-corrected chi connectivity index (χ0v) is 27.4. The average Bonchev–Trinajstić information content (AvgIpc) is 3.49. The Kier molecular flexibility index (Phi) is 11.7. The monoisotopic (exact) mass is 708 g/mol. The molecule has 0 aliphatic carbocycles. The summed E-state index contributed by atoms with van der Waals surface area (Å²) in [6.45, 7) is 1.46. The number of amides is 1. The van der Waals surface area contributed by atoms with Gasteiger partial charge in [-0.25, -0.2) is 14.6 Å². The molecule has 1 saturated heterocycles. The summed E-state index contributed by atoms with van der Waals surface area (Å²) in [5, 5.41) is 48.6. The van der Waals surface area contributed by atoms with Crippen LogP contribution in [0, 0.1) is 6.92 Å². The summed E-state index contributed by atoms with van der Waals surface area (Å²) in [7, 11) is 1.51. The number of nitrogens with zero attached hydrogens (tertiary/aromatic N) is 2. The molecule has 0 unspecified atom stereocenters. The normalized spacial score (nSPS) is 19.9. The highest BCUT2D eigenvalue weighted by molar-refractivity contribution is 5.78. The molecular formula is C35H36N2O14. The molecule has 16 nitrogen and oxygen atoms in total. The Labute approximate surface area is 291 Å². The van der Waals surface area contributed by atoms with Crippen molar-refractivity contribution in [3.63, 3.8) is 0 Å². The van der Waals surface area contributed by atoms with Crippen LogP contribution in [-0.4, -0.2) is 104 Å². The summed E-state index contributed by atoms with van der Waals surface area (Å²) < 4.78 is 32.8. The van der Waals surface area contributed by atoms with E-state index in [-0.39, 0.29) is 24.7 Å². The second-order valence-electron chi connectivity index (χ2n) is 11.4. The Morgan fingerprint density at radius 1 is 0.824 bits per heavy atom. The number of ether oxygens (including phenoxy) is 5. The molecule has 0 saturated carbocycles. The first kappa shape index (κ1) is 36.6. The molecule has 1 aromatic heterocycles. The summed E-state index contributed by atoms with van der Waals surface area (Å²) in [5.74, 6) is -0.232. The number of aliphatic hydroxyl groups excluding tert-OH is 3. The Bertz CT molecular complexity index is 1790. The van der Waals surface area contributed by atoms with Crippen LogP contribution in [0.2, 0.25) is 0 Å². The topological polar surface area (TPSA) is 228 Å². The van der Waals surface area contributed by atoms with Crippen molar-refractivity contribution in [1.82, 2.24) is 9.88 Å². The SMILES string of the molecule is COc1ccc(OC(=O)N(CC(=O)O)Cc2ccc(OCCc3nc(-c4ccc(O[C@@H]5O[C@H](C(=O)O)[C@@H](O)[C@H](O)[C@H]5O)cc4)oc3C)cc2)cc1. The van der Waals surface area contributed by atoms with Crippen LogP contribution in [0.15, 0.2) is 77.2 Å². The standard InChI is InChI=1S/C35H36N2O14/c1-19-26(36-32(48-19)21-5-9-24(10-6-21)49-34-30(42)28(40)29(41)31(51-34)33(43)44)15-16-47-23-7-3-20(4-8-23)17-37(18-27(38)39)35(45)50-25-13-11-22(46-2)12-14-25/h3-14,28-31,34,40-42H,15-18H2,1-2H3,(H,38,39)(H,43,44)/t28-,29-,30+,31-,34+/m0/s1. The van der Waals surface area contributed by atoms with Crippen LogP contribution in [-0.2, 0) is 27.3 Å². The minimum absolute atomic E-state index is 0.00958. The number of carboxylic acid groups (broad SMARTS) is 2. The third-order valence-corrected chi connectivity index (χ3v) is 7.81. The van der Waals surface area contributed by atoms with Gasteiger partial charge in [-0.3, -0.25) is 9.69 Å². The number of aliphatic hydroxyl groups is 3. The Morgan fingerprint density at radius 2 is 1.45 bits per heavy atom. The minimum Gasteiger partial charge on any atom is -0.497 e. The van der Waals surface area contributed by atoms with Gasteiger partial charge < -0.3 is 53.6 Å². The maximum Gasteiger partial charge on any atom is 0.416 e. The Morgan fingerprint density at radius 3 is 2.08 bits per heavy atom. The molecule has 5 N–H and O–H groups in total. The third kappa shape index (κ3) is 9.31. The van der Waals surface area contributed by atoms with Gasteiger partial charge >= 0.3 is 18.0 Å². The third-order valence-electron chi connectivity index (χ3n) is 7.81. The number of hydrogen-bond acceptors (Lipinski definition) is 13. The molecule has 1 aliphatic rings. The Hall–Kier alpha value is -5.68. The van der Waals surface area contributed by atoms with E-state index in [2.05, 4.69) is 4.98 Å². The molecule has 3 aromatic carbocycles. The molecule has 5 rings (SSSR count). The summed E-state index contributed by atoms with van der Waals surface area (Å²) in [6.07, 6.45) is -9.03. The maximum atomic E-state index is 12.7. The predicted octanol–water partition coefficient (Wildman–Crippen LogP) is 2.64. The van der Waals surface area contributed by atoms with Crippen molar-refractivity contribution in [2.45, 2.75) is 50.6 Å². The number of carbonyl (C=O) groups is 3. The quantitative estimate of drug-likeness (QED) is 0.127. The molecule has 16 heteroatoms. The van der Waals surface area contributed by atoms with E-state index in [4.69, 9.17) is 28.1 Å². The van der Waals surface area contributed by atoms with E-state index >= 15 is 0 Å². The van der Waals surface area contributed by atoms with Crippen molar-refractivity contribution in [1.29, 1.82) is 0 Å². The van der Waals surface area contributed by atoms with Crippen LogP contribution in [0.1, 0.15) is 17.0 Å². The zero-order chi connectivity index (χ0) is 36.7. The number of benzene rings is 3. The van der Waals surface area contributed by atoms with Gasteiger partial charge in [0.05, 0.1) is 19.4 Å². The number of aromatic nitrogens is 1. The van der Waals surface area contributed by atoms with Crippen LogP contribution in [0.5, 0.6) is 23.0 Å². The summed E-state index contributed by atoms with van der Waals surface area (Å²) in [6, 6.07) is 19.5. The number of aryl methyl sites for hydroxylation is 1. The van der Waals surface area contributed by atoms with Gasteiger partial charge in [-0.1, -0.05) is 12.1 Å². The molecule has 1 fully saturated rings. The van der Waals surface area contributed by atoms with Crippen LogP contribution >= 0.6 is 0 Å². The lowest BCUT2D eigenvalue weighted by molar-refractivity contribution is -0.271. The first-order valence-corrected chi connectivity index (χ1v) is 15.6. The first-order valence-electron chi connectivity index (χ1n) is 15.6. The fourth-order valence-corrected chi connectivity index (χ4v) is 5.08. The molecular weight excluding hydrogens is 672 g/mol. The van der Waals surface area contributed by atoms with Gasteiger partial charge in [-0.05, 0) is 73.2 Å². The Balaban J connectivity index is 1.13. The second-order valence-corrected chi connectivity index (χ2v) is 11.4. The number of carbonyl (C=O) groups excluding carboxylic acids is 1. The van der Waals surface area contributed by atoms with Gasteiger partial charge in [0.25, 0.3) is 0 Å². The molecule has 270 valence electrons. The number of oxazole rings is 1. The fourth-order valence-electron chi connectivity index (χ4n) is 5.08. The summed E-state index contributed by atoms with van der Waals surface area (Å²) in [4.78, 5) is 41.1. The van der Waals surface area contributed by atoms with Crippen LogP contribution < -0.4 is 18.9 Å². The highest BCUT2D eigenvalue weighted by atomic mass is 16.7.